The largest absolute Gasteiger partial charge is 0.479 e. The average molecular weight is 240 g/mol. The van der Waals surface area contributed by atoms with Gasteiger partial charge < -0.3 is 4.74 Å². The molecular weight excluding hydrogens is 230 g/mol. The maximum Gasteiger partial charge on any atom is 0.274 e. The predicted molar refractivity (Wildman–Crippen MR) is 58.6 cm³/mol. The van der Waals surface area contributed by atoms with Crippen molar-refractivity contribution in [2.45, 2.75) is 13.0 Å². The van der Waals surface area contributed by atoms with Crippen molar-refractivity contribution in [2.24, 2.45) is 5.84 Å². The number of amides is 1. The minimum absolute atomic E-state index is 0.274. The van der Waals surface area contributed by atoms with E-state index in [1.165, 1.54) is 19.1 Å². The first-order chi connectivity index (χ1) is 7.58. The van der Waals surface area contributed by atoms with Crippen LogP contribution >= 0.6 is 11.6 Å². The third-order valence-electron chi connectivity index (χ3n) is 1.88. The van der Waals surface area contributed by atoms with Gasteiger partial charge in [-0.15, -0.1) is 0 Å². The zero-order valence-corrected chi connectivity index (χ0v) is 9.28. The van der Waals surface area contributed by atoms with Crippen LogP contribution < -0.4 is 16.0 Å². The van der Waals surface area contributed by atoms with E-state index in [1.807, 2.05) is 11.5 Å². The van der Waals surface area contributed by atoms with Crippen molar-refractivity contribution in [2.75, 3.05) is 0 Å². The first kappa shape index (κ1) is 12.3. The highest BCUT2D eigenvalue weighted by atomic mass is 35.5. The summed E-state index contributed by atoms with van der Waals surface area (Å²) < 4.78 is 5.26. The van der Waals surface area contributed by atoms with E-state index in [0.717, 1.165) is 0 Å². The standard InChI is InChI=1S/C10H10ClN3O2/c1-6(10(15)14-13)16-9-3-2-7(5-12)4-8(9)11/h2-4,6H,13H2,1H3,(H,14,15). The maximum atomic E-state index is 11.1. The zero-order valence-electron chi connectivity index (χ0n) is 8.53. The number of carbonyl (C=O) groups excluding carboxylic acids is 1. The van der Waals surface area contributed by atoms with Crippen LogP contribution in [-0.2, 0) is 4.79 Å². The highest BCUT2D eigenvalue weighted by molar-refractivity contribution is 6.32. The molecule has 1 rings (SSSR count). The average Bonchev–Trinajstić information content (AvgIpc) is 2.30. The SMILES string of the molecule is CC(Oc1ccc(C#N)cc1Cl)C(=O)NN. The molecule has 5 nitrogen and oxygen atoms in total. The topological polar surface area (TPSA) is 88.1 Å². The summed E-state index contributed by atoms with van der Waals surface area (Å²) in [6.45, 7) is 1.54. The van der Waals surface area contributed by atoms with Crippen LogP contribution in [0.15, 0.2) is 18.2 Å². The van der Waals surface area contributed by atoms with E-state index in [-0.39, 0.29) is 5.02 Å². The second kappa shape index (κ2) is 5.35. The summed E-state index contributed by atoms with van der Waals surface area (Å²) >= 11 is 5.86. The summed E-state index contributed by atoms with van der Waals surface area (Å²) in [7, 11) is 0. The van der Waals surface area contributed by atoms with Gasteiger partial charge in [0.2, 0.25) is 0 Å². The quantitative estimate of drug-likeness (QED) is 0.467. The molecule has 0 aliphatic rings. The van der Waals surface area contributed by atoms with E-state index in [0.29, 0.717) is 11.3 Å². The molecular formula is C10H10ClN3O2. The van der Waals surface area contributed by atoms with Gasteiger partial charge in [-0.25, -0.2) is 5.84 Å². The van der Waals surface area contributed by atoms with E-state index in [2.05, 4.69) is 0 Å². The molecule has 0 saturated heterocycles. The molecule has 0 saturated carbocycles. The number of benzene rings is 1. The molecule has 1 atom stereocenters. The Labute approximate surface area is 97.7 Å². The normalized spacial score (nSPS) is 11.4. The van der Waals surface area contributed by atoms with Gasteiger partial charge in [-0.05, 0) is 25.1 Å². The Morgan fingerprint density at radius 3 is 2.88 bits per heavy atom. The van der Waals surface area contributed by atoms with Crippen molar-refractivity contribution in [3.63, 3.8) is 0 Å². The number of nitrogens with zero attached hydrogens (tertiary/aromatic N) is 1. The lowest BCUT2D eigenvalue weighted by molar-refractivity contribution is -0.127. The fraction of sp³-hybridized carbons (Fsp3) is 0.200. The summed E-state index contributed by atoms with van der Waals surface area (Å²) in [5.41, 5.74) is 2.39. The van der Waals surface area contributed by atoms with Crippen LogP contribution in [0.2, 0.25) is 5.02 Å². The molecule has 0 heterocycles. The highest BCUT2D eigenvalue weighted by Crippen LogP contribution is 2.26. The smallest absolute Gasteiger partial charge is 0.274 e. The van der Waals surface area contributed by atoms with Crippen molar-refractivity contribution in [3.8, 4) is 11.8 Å². The molecule has 0 aromatic heterocycles. The van der Waals surface area contributed by atoms with Gasteiger partial charge in [-0.3, -0.25) is 10.2 Å². The van der Waals surface area contributed by atoms with E-state index in [4.69, 9.17) is 27.4 Å². The zero-order chi connectivity index (χ0) is 12.1. The Kier molecular flexibility index (Phi) is 4.11. The monoisotopic (exact) mass is 239 g/mol. The molecule has 3 N–H and O–H groups in total. The molecule has 84 valence electrons. The van der Waals surface area contributed by atoms with E-state index < -0.39 is 12.0 Å². The van der Waals surface area contributed by atoms with Crippen LogP contribution in [0, 0.1) is 11.3 Å². The Balaban J connectivity index is 2.83. The van der Waals surface area contributed by atoms with Gasteiger partial charge in [0.1, 0.15) is 5.75 Å². The van der Waals surface area contributed by atoms with Crippen molar-refractivity contribution in [1.29, 1.82) is 5.26 Å². The third-order valence-corrected chi connectivity index (χ3v) is 2.17. The van der Waals surface area contributed by atoms with Crippen LogP contribution in [0.3, 0.4) is 0 Å². The molecule has 1 unspecified atom stereocenters. The first-order valence-corrected chi connectivity index (χ1v) is 4.83. The van der Waals surface area contributed by atoms with Crippen molar-refractivity contribution >= 4 is 17.5 Å². The van der Waals surface area contributed by atoms with Gasteiger partial charge in [0.15, 0.2) is 6.10 Å². The highest BCUT2D eigenvalue weighted by Gasteiger charge is 2.14. The third kappa shape index (κ3) is 2.86. The van der Waals surface area contributed by atoms with Gasteiger partial charge >= 0.3 is 0 Å². The molecule has 1 aromatic carbocycles. The lowest BCUT2D eigenvalue weighted by Crippen LogP contribution is -2.40. The summed E-state index contributed by atoms with van der Waals surface area (Å²) in [5, 5.41) is 8.90. The van der Waals surface area contributed by atoms with E-state index >= 15 is 0 Å². The first-order valence-electron chi connectivity index (χ1n) is 4.45. The van der Waals surface area contributed by atoms with E-state index in [9.17, 15) is 4.79 Å². The lowest BCUT2D eigenvalue weighted by atomic mass is 10.2. The minimum atomic E-state index is -0.754. The lowest BCUT2D eigenvalue weighted by Gasteiger charge is -2.13. The van der Waals surface area contributed by atoms with Crippen molar-refractivity contribution in [3.05, 3.63) is 28.8 Å². The predicted octanol–water partition coefficient (Wildman–Crippen LogP) is 0.969. The number of hydrogen-bond donors (Lipinski definition) is 2. The fourth-order valence-electron chi connectivity index (χ4n) is 1.03. The Morgan fingerprint density at radius 1 is 1.69 bits per heavy atom. The van der Waals surface area contributed by atoms with Gasteiger partial charge in [-0.1, -0.05) is 11.6 Å². The molecule has 16 heavy (non-hydrogen) atoms. The number of carbonyl (C=O) groups is 1. The summed E-state index contributed by atoms with van der Waals surface area (Å²) in [6, 6.07) is 6.48. The second-order valence-electron chi connectivity index (χ2n) is 3.03. The minimum Gasteiger partial charge on any atom is -0.479 e. The van der Waals surface area contributed by atoms with Crippen LogP contribution in [0.25, 0.3) is 0 Å². The summed E-state index contributed by atoms with van der Waals surface area (Å²) in [4.78, 5) is 11.1. The molecule has 6 heteroatoms. The molecule has 0 spiro atoms. The number of nitrogens with one attached hydrogen (secondary N) is 1. The van der Waals surface area contributed by atoms with Gasteiger partial charge in [0.05, 0.1) is 16.7 Å². The molecule has 1 aromatic rings. The molecule has 0 aliphatic carbocycles. The number of nitriles is 1. The number of ether oxygens (including phenoxy) is 1. The number of halogens is 1. The molecule has 0 radical (unpaired) electrons. The number of rotatable bonds is 3. The maximum absolute atomic E-state index is 11.1. The number of nitrogens with two attached hydrogens (primary N) is 1. The second-order valence-corrected chi connectivity index (χ2v) is 3.43. The van der Waals surface area contributed by atoms with Crippen molar-refractivity contribution in [1.82, 2.24) is 5.43 Å². The number of hydrogen-bond acceptors (Lipinski definition) is 4. The van der Waals surface area contributed by atoms with Gasteiger partial charge in [-0.2, -0.15) is 5.26 Å². The molecule has 0 fully saturated rings. The summed E-state index contributed by atoms with van der Waals surface area (Å²) in [5.74, 6) is 4.83. The molecule has 1 amide bonds. The van der Waals surface area contributed by atoms with Crippen LogP contribution in [0.4, 0.5) is 0 Å². The van der Waals surface area contributed by atoms with E-state index in [1.54, 1.807) is 6.07 Å². The number of hydrazine groups is 1. The Morgan fingerprint density at radius 2 is 2.38 bits per heavy atom. The van der Waals surface area contributed by atoms with Crippen molar-refractivity contribution < 1.29 is 9.53 Å². The fourth-order valence-corrected chi connectivity index (χ4v) is 1.25. The van der Waals surface area contributed by atoms with Crippen LogP contribution in [-0.4, -0.2) is 12.0 Å². The van der Waals surface area contributed by atoms with Crippen LogP contribution in [0.1, 0.15) is 12.5 Å². The van der Waals surface area contributed by atoms with Gasteiger partial charge in [0, 0.05) is 0 Å². The Hall–Kier alpha value is -1.77. The van der Waals surface area contributed by atoms with Gasteiger partial charge in [0.25, 0.3) is 5.91 Å². The Bertz CT molecular complexity index is 442. The molecule has 0 bridgehead atoms. The summed E-state index contributed by atoms with van der Waals surface area (Å²) in [6.07, 6.45) is -0.754. The molecule has 0 aliphatic heterocycles. The van der Waals surface area contributed by atoms with Crippen LogP contribution in [0.5, 0.6) is 5.75 Å².